The Morgan fingerprint density at radius 1 is 1.40 bits per heavy atom. The lowest BCUT2D eigenvalue weighted by molar-refractivity contribution is -0.143. The largest absolute Gasteiger partial charge is 0.467 e. The van der Waals surface area contributed by atoms with Crippen LogP contribution >= 0.6 is 0 Å². The van der Waals surface area contributed by atoms with Gasteiger partial charge >= 0.3 is 12.0 Å². The van der Waals surface area contributed by atoms with Crippen molar-refractivity contribution >= 4 is 12.0 Å². The molecular formula is C13H22N4O3. The Morgan fingerprint density at radius 3 is 2.70 bits per heavy atom. The highest BCUT2D eigenvalue weighted by Gasteiger charge is 2.24. The molecule has 1 atom stereocenters. The molecule has 0 spiro atoms. The number of carbonyl (C=O) groups is 2. The van der Waals surface area contributed by atoms with Gasteiger partial charge < -0.3 is 19.9 Å². The molecule has 1 aromatic rings. The third-order valence-electron chi connectivity index (χ3n) is 2.85. The van der Waals surface area contributed by atoms with Crippen molar-refractivity contribution in [1.29, 1.82) is 0 Å². The SMILES string of the molecule is COC(=O)C(NC(=O)NCCCn1ccnc1)C(C)C. The van der Waals surface area contributed by atoms with E-state index in [2.05, 4.69) is 20.4 Å². The normalized spacial score (nSPS) is 12.0. The molecule has 7 heteroatoms. The first-order valence-corrected chi connectivity index (χ1v) is 6.62. The molecule has 0 fully saturated rings. The first kappa shape index (κ1) is 16.0. The van der Waals surface area contributed by atoms with E-state index in [0.717, 1.165) is 13.0 Å². The van der Waals surface area contributed by atoms with Crippen molar-refractivity contribution in [2.24, 2.45) is 5.92 Å². The molecular weight excluding hydrogens is 260 g/mol. The number of esters is 1. The zero-order valence-electron chi connectivity index (χ0n) is 12.1. The molecule has 1 aromatic heterocycles. The number of imidazole rings is 1. The van der Waals surface area contributed by atoms with Crippen molar-refractivity contribution in [3.63, 3.8) is 0 Å². The zero-order chi connectivity index (χ0) is 15.0. The van der Waals surface area contributed by atoms with Gasteiger partial charge in [0.05, 0.1) is 13.4 Å². The fourth-order valence-corrected chi connectivity index (χ4v) is 1.70. The number of amides is 2. The highest BCUT2D eigenvalue weighted by atomic mass is 16.5. The van der Waals surface area contributed by atoms with E-state index >= 15 is 0 Å². The lowest BCUT2D eigenvalue weighted by atomic mass is 10.1. The minimum Gasteiger partial charge on any atom is -0.467 e. The number of aromatic nitrogens is 2. The molecule has 0 saturated heterocycles. The van der Waals surface area contributed by atoms with Crippen molar-refractivity contribution in [2.45, 2.75) is 32.9 Å². The van der Waals surface area contributed by atoms with Gasteiger partial charge in [0, 0.05) is 25.5 Å². The van der Waals surface area contributed by atoms with E-state index in [1.807, 2.05) is 24.6 Å². The van der Waals surface area contributed by atoms with Gasteiger partial charge in [0.25, 0.3) is 0 Å². The standard InChI is InChI=1S/C13H22N4O3/c1-10(2)11(12(18)20-3)16-13(19)15-5-4-7-17-8-6-14-9-17/h6,8-11H,4-5,7H2,1-3H3,(H2,15,16,19). The number of hydrogen-bond acceptors (Lipinski definition) is 4. The number of urea groups is 1. The number of hydrogen-bond donors (Lipinski definition) is 2. The average molecular weight is 282 g/mol. The van der Waals surface area contributed by atoms with E-state index in [-0.39, 0.29) is 11.9 Å². The van der Waals surface area contributed by atoms with Crippen LogP contribution in [-0.4, -0.2) is 41.2 Å². The van der Waals surface area contributed by atoms with Gasteiger partial charge in [0.15, 0.2) is 0 Å². The van der Waals surface area contributed by atoms with Crippen molar-refractivity contribution in [2.75, 3.05) is 13.7 Å². The quantitative estimate of drug-likeness (QED) is 0.571. The summed E-state index contributed by atoms with van der Waals surface area (Å²) in [6, 6.07) is -0.992. The van der Waals surface area contributed by atoms with Gasteiger partial charge in [0.1, 0.15) is 6.04 Å². The molecule has 20 heavy (non-hydrogen) atoms. The van der Waals surface area contributed by atoms with Crippen molar-refractivity contribution in [3.8, 4) is 0 Å². The Balaban J connectivity index is 2.26. The number of nitrogens with zero attached hydrogens (tertiary/aromatic N) is 2. The molecule has 0 aromatic carbocycles. The molecule has 1 rings (SSSR count). The molecule has 112 valence electrons. The maximum absolute atomic E-state index is 11.7. The molecule has 1 unspecified atom stereocenters. The zero-order valence-corrected chi connectivity index (χ0v) is 12.1. The summed E-state index contributed by atoms with van der Waals surface area (Å²) in [6.07, 6.45) is 6.09. The van der Waals surface area contributed by atoms with Crippen molar-refractivity contribution < 1.29 is 14.3 Å². The van der Waals surface area contributed by atoms with Crippen LogP contribution in [-0.2, 0) is 16.1 Å². The summed E-state index contributed by atoms with van der Waals surface area (Å²) in [5, 5.41) is 5.33. The second kappa shape index (κ2) is 8.19. The van der Waals surface area contributed by atoms with E-state index in [1.54, 1.807) is 12.5 Å². The monoisotopic (exact) mass is 282 g/mol. The number of methoxy groups -OCH3 is 1. The fourth-order valence-electron chi connectivity index (χ4n) is 1.70. The summed E-state index contributed by atoms with van der Waals surface area (Å²) < 4.78 is 6.59. The van der Waals surface area contributed by atoms with Gasteiger partial charge in [0.2, 0.25) is 0 Å². The first-order chi connectivity index (χ1) is 9.54. The molecule has 1 heterocycles. The number of ether oxygens (including phenoxy) is 1. The van der Waals surface area contributed by atoms with Crippen molar-refractivity contribution in [1.82, 2.24) is 20.2 Å². The maximum Gasteiger partial charge on any atom is 0.328 e. The van der Waals surface area contributed by atoms with Crippen LogP contribution in [0.3, 0.4) is 0 Å². The molecule has 2 amide bonds. The highest BCUT2D eigenvalue weighted by molar-refractivity contribution is 5.83. The number of aryl methyl sites for hydroxylation is 1. The van der Waals surface area contributed by atoms with Gasteiger partial charge in [-0.1, -0.05) is 13.8 Å². The van der Waals surface area contributed by atoms with E-state index in [0.29, 0.717) is 6.54 Å². The van der Waals surface area contributed by atoms with Gasteiger partial charge in [-0.25, -0.2) is 14.6 Å². The van der Waals surface area contributed by atoms with Crippen LogP contribution in [0.4, 0.5) is 4.79 Å². The maximum atomic E-state index is 11.7. The number of rotatable bonds is 7. The molecule has 0 aliphatic rings. The second-order valence-corrected chi connectivity index (χ2v) is 4.80. The number of carbonyl (C=O) groups excluding carboxylic acids is 2. The highest BCUT2D eigenvalue weighted by Crippen LogP contribution is 2.03. The third-order valence-corrected chi connectivity index (χ3v) is 2.85. The summed E-state index contributed by atoms with van der Waals surface area (Å²) in [5.74, 6) is -0.465. The average Bonchev–Trinajstić information content (AvgIpc) is 2.93. The topological polar surface area (TPSA) is 85.2 Å². The predicted octanol–water partition coefficient (Wildman–Crippen LogP) is 0.770. The molecule has 0 bridgehead atoms. The smallest absolute Gasteiger partial charge is 0.328 e. The first-order valence-electron chi connectivity index (χ1n) is 6.62. The minimum absolute atomic E-state index is 0.0286. The van der Waals surface area contributed by atoms with E-state index in [4.69, 9.17) is 0 Å². The summed E-state index contributed by atoms with van der Waals surface area (Å²) >= 11 is 0. The van der Waals surface area contributed by atoms with Gasteiger partial charge in [-0.3, -0.25) is 0 Å². The third kappa shape index (κ3) is 5.29. The lowest BCUT2D eigenvalue weighted by Gasteiger charge is -2.20. The fraction of sp³-hybridized carbons (Fsp3) is 0.615. The Bertz CT molecular complexity index is 417. The van der Waals surface area contributed by atoms with Crippen LogP contribution in [0.1, 0.15) is 20.3 Å². The Hall–Kier alpha value is -2.05. The van der Waals surface area contributed by atoms with Crippen LogP contribution < -0.4 is 10.6 Å². The minimum atomic E-state index is -0.631. The predicted molar refractivity (Wildman–Crippen MR) is 74.0 cm³/mol. The second-order valence-electron chi connectivity index (χ2n) is 4.80. The summed E-state index contributed by atoms with van der Waals surface area (Å²) in [6.45, 7) is 5.00. The van der Waals surface area contributed by atoms with Crippen LogP contribution in [0, 0.1) is 5.92 Å². The van der Waals surface area contributed by atoms with Crippen LogP contribution in [0.15, 0.2) is 18.7 Å². The van der Waals surface area contributed by atoms with Crippen molar-refractivity contribution in [3.05, 3.63) is 18.7 Å². The lowest BCUT2D eigenvalue weighted by Crippen LogP contribution is -2.49. The van der Waals surface area contributed by atoms with E-state index in [1.165, 1.54) is 7.11 Å². The molecule has 0 radical (unpaired) electrons. The number of nitrogens with one attached hydrogen (secondary N) is 2. The van der Waals surface area contributed by atoms with Crippen LogP contribution in [0.25, 0.3) is 0 Å². The van der Waals surface area contributed by atoms with Gasteiger partial charge in [-0.2, -0.15) is 0 Å². The van der Waals surface area contributed by atoms with Crippen LogP contribution in [0.5, 0.6) is 0 Å². The summed E-state index contributed by atoms with van der Waals surface area (Å²) in [5.41, 5.74) is 0. The Labute approximate surface area is 118 Å². The van der Waals surface area contributed by atoms with Crippen LogP contribution in [0.2, 0.25) is 0 Å². The Kier molecular flexibility index (Phi) is 6.55. The van der Waals surface area contributed by atoms with Gasteiger partial charge in [-0.15, -0.1) is 0 Å². The molecule has 0 aliphatic heterocycles. The summed E-state index contributed by atoms with van der Waals surface area (Å²) in [4.78, 5) is 27.1. The Morgan fingerprint density at radius 2 is 2.15 bits per heavy atom. The molecule has 0 aliphatic carbocycles. The van der Waals surface area contributed by atoms with E-state index < -0.39 is 12.0 Å². The molecule has 7 nitrogen and oxygen atoms in total. The molecule has 0 saturated carbocycles. The van der Waals surface area contributed by atoms with Gasteiger partial charge in [-0.05, 0) is 12.3 Å². The van der Waals surface area contributed by atoms with E-state index in [9.17, 15) is 9.59 Å². The molecule has 2 N–H and O–H groups in total. The summed E-state index contributed by atoms with van der Waals surface area (Å²) in [7, 11) is 1.31.